The minimum absolute atomic E-state index is 0.322. The highest BCUT2D eigenvalue weighted by Gasteiger charge is 2.21. The molecule has 21 heavy (non-hydrogen) atoms. The molecule has 0 amide bonds. The highest BCUT2D eigenvalue weighted by molar-refractivity contribution is 5.81. The minimum atomic E-state index is -0.597. The van der Waals surface area contributed by atoms with E-state index in [-0.39, 0.29) is 5.97 Å². The van der Waals surface area contributed by atoms with Gasteiger partial charge in [-0.2, -0.15) is 5.26 Å². The molecule has 0 saturated carbocycles. The summed E-state index contributed by atoms with van der Waals surface area (Å²) in [4.78, 5) is 12.2. The molecule has 0 heterocycles. The van der Waals surface area contributed by atoms with E-state index in [1.807, 2.05) is 36.4 Å². The van der Waals surface area contributed by atoms with Gasteiger partial charge in [0.05, 0.1) is 18.2 Å². The average molecular weight is 280 g/mol. The second kappa shape index (κ2) is 7.11. The molecule has 0 radical (unpaired) electrons. The van der Waals surface area contributed by atoms with E-state index in [1.54, 1.807) is 25.1 Å². The molecule has 0 aliphatic heterocycles. The molecule has 0 aromatic heterocycles. The molecule has 4 nitrogen and oxygen atoms in total. The molecule has 0 aliphatic rings. The molecule has 2 rings (SSSR count). The Labute approximate surface area is 124 Å². The van der Waals surface area contributed by atoms with Crippen LogP contribution in [0.4, 0.5) is 5.69 Å². The SMILES string of the molecule is CCOC(=O)C(Nc1cccc(C#N)c1)c1ccccc1. The van der Waals surface area contributed by atoms with Gasteiger partial charge in [-0.25, -0.2) is 4.79 Å². The standard InChI is InChI=1S/C17H16N2O2/c1-2-21-17(20)16(14-8-4-3-5-9-14)19-15-10-6-7-13(11-15)12-18/h3-11,16,19H,2H2,1H3. The van der Waals surface area contributed by atoms with Crippen LogP contribution < -0.4 is 5.32 Å². The quantitative estimate of drug-likeness (QED) is 0.854. The van der Waals surface area contributed by atoms with Crippen LogP contribution in [0.2, 0.25) is 0 Å². The molecule has 2 aromatic carbocycles. The van der Waals surface area contributed by atoms with Gasteiger partial charge in [-0.15, -0.1) is 0 Å². The van der Waals surface area contributed by atoms with E-state index < -0.39 is 6.04 Å². The van der Waals surface area contributed by atoms with Gasteiger partial charge < -0.3 is 10.1 Å². The maximum atomic E-state index is 12.2. The second-order valence-corrected chi connectivity index (χ2v) is 4.43. The lowest BCUT2D eigenvalue weighted by atomic mass is 10.1. The summed E-state index contributed by atoms with van der Waals surface area (Å²) < 4.78 is 5.12. The number of nitrogens with one attached hydrogen (secondary N) is 1. The minimum Gasteiger partial charge on any atom is -0.464 e. The van der Waals surface area contributed by atoms with Gasteiger partial charge in [0.25, 0.3) is 0 Å². The Morgan fingerprint density at radius 1 is 1.24 bits per heavy atom. The first-order valence-electron chi connectivity index (χ1n) is 6.73. The lowest BCUT2D eigenvalue weighted by Crippen LogP contribution is -2.23. The van der Waals surface area contributed by atoms with Gasteiger partial charge >= 0.3 is 5.97 Å². The van der Waals surface area contributed by atoms with Crippen LogP contribution in [0.5, 0.6) is 0 Å². The lowest BCUT2D eigenvalue weighted by molar-refractivity contribution is -0.144. The first kappa shape index (κ1) is 14.6. The van der Waals surface area contributed by atoms with Gasteiger partial charge in [0.1, 0.15) is 0 Å². The van der Waals surface area contributed by atoms with Crippen LogP contribution in [-0.2, 0) is 9.53 Å². The third kappa shape index (κ3) is 3.83. The molecule has 0 saturated heterocycles. The third-order valence-electron chi connectivity index (χ3n) is 2.96. The zero-order valence-corrected chi connectivity index (χ0v) is 11.7. The largest absolute Gasteiger partial charge is 0.464 e. The molecule has 0 aliphatic carbocycles. The van der Waals surface area contributed by atoms with Crippen LogP contribution in [0.3, 0.4) is 0 Å². The van der Waals surface area contributed by atoms with E-state index in [0.29, 0.717) is 17.9 Å². The zero-order chi connectivity index (χ0) is 15.1. The second-order valence-electron chi connectivity index (χ2n) is 4.43. The summed E-state index contributed by atoms with van der Waals surface area (Å²) in [5.41, 5.74) is 2.06. The van der Waals surface area contributed by atoms with Crippen molar-refractivity contribution in [3.05, 3.63) is 65.7 Å². The average Bonchev–Trinajstić information content (AvgIpc) is 2.54. The van der Waals surface area contributed by atoms with Crippen molar-refractivity contribution < 1.29 is 9.53 Å². The van der Waals surface area contributed by atoms with Gasteiger partial charge in [-0.05, 0) is 30.7 Å². The molecule has 1 atom stereocenters. The molecule has 2 aromatic rings. The number of rotatable bonds is 5. The fourth-order valence-electron chi connectivity index (χ4n) is 1.99. The van der Waals surface area contributed by atoms with Crippen molar-refractivity contribution in [2.24, 2.45) is 0 Å². The number of nitriles is 1. The highest BCUT2D eigenvalue weighted by atomic mass is 16.5. The van der Waals surface area contributed by atoms with E-state index in [2.05, 4.69) is 11.4 Å². The van der Waals surface area contributed by atoms with Crippen LogP contribution in [0.25, 0.3) is 0 Å². The van der Waals surface area contributed by atoms with E-state index in [4.69, 9.17) is 10.00 Å². The van der Waals surface area contributed by atoms with Crippen LogP contribution in [0.1, 0.15) is 24.1 Å². The predicted octanol–water partition coefficient (Wildman–Crippen LogP) is 3.27. The van der Waals surface area contributed by atoms with Gasteiger partial charge in [0, 0.05) is 5.69 Å². The van der Waals surface area contributed by atoms with Crippen molar-refractivity contribution in [1.82, 2.24) is 0 Å². The third-order valence-corrected chi connectivity index (χ3v) is 2.96. The van der Waals surface area contributed by atoms with E-state index in [9.17, 15) is 4.79 Å². The summed E-state index contributed by atoms with van der Waals surface area (Å²) in [7, 11) is 0. The highest BCUT2D eigenvalue weighted by Crippen LogP contribution is 2.21. The van der Waals surface area contributed by atoms with Crippen LogP contribution >= 0.6 is 0 Å². The van der Waals surface area contributed by atoms with Crippen LogP contribution in [0, 0.1) is 11.3 Å². The normalized spacial score (nSPS) is 11.2. The summed E-state index contributed by atoms with van der Waals surface area (Å²) in [6, 6.07) is 17.8. The van der Waals surface area contributed by atoms with Crippen LogP contribution in [-0.4, -0.2) is 12.6 Å². The monoisotopic (exact) mass is 280 g/mol. The number of carbonyl (C=O) groups excluding carboxylic acids is 1. The molecule has 0 bridgehead atoms. The molecule has 0 fully saturated rings. The number of benzene rings is 2. The molecule has 4 heteroatoms. The molecular formula is C17H16N2O2. The summed E-state index contributed by atoms with van der Waals surface area (Å²) in [6.07, 6.45) is 0. The molecule has 1 N–H and O–H groups in total. The first-order chi connectivity index (χ1) is 10.2. The first-order valence-corrected chi connectivity index (χ1v) is 6.73. The Balaban J connectivity index is 2.28. The van der Waals surface area contributed by atoms with Crippen LogP contribution in [0.15, 0.2) is 54.6 Å². The number of hydrogen-bond donors (Lipinski definition) is 1. The summed E-state index contributed by atoms with van der Waals surface area (Å²) in [6.45, 7) is 2.10. The lowest BCUT2D eigenvalue weighted by Gasteiger charge is -2.19. The Kier molecular flexibility index (Phi) is 4.94. The van der Waals surface area contributed by atoms with Gasteiger partial charge in [0.15, 0.2) is 6.04 Å². The number of nitrogens with zero attached hydrogens (tertiary/aromatic N) is 1. The molecule has 0 spiro atoms. The van der Waals surface area contributed by atoms with Crippen molar-refractivity contribution in [2.45, 2.75) is 13.0 Å². The summed E-state index contributed by atoms with van der Waals surface area (Å²) in [5, 5.41) is 12.1. The maximum absolute atomic E-state index is 12.2. The molecule has 106 valence electrons. The Morgan fingerprint density at radius 3 is 2.67 bits per heavy atom. The number of hydrogen-bond acceptors (Lipinski definition) is 4. The van der Waals surface area contributed by atoms with E-state index >= 15 is 0 Å². The van der Waals surface area contributed by atoms with E-state index in [1.165, 1.54) is 0 Å². The molecular weight excluding hydrogens is 264 g/mol. The van der Waals surface area contributed by atoms with Crippen molar-refractivity contribution in [1.29, 1.82) is 5.26 Å². The number of anilines is 1. The smallest absolute Gasteiger partial charge is 0.333 e. The maximum Gasteiger partial charge on any atom is 0.333 e. The number of ether oxygens (including phenoxy) is 1. The number of esters is 1. The van der Waals surface area contributed by atoms with Crippen molar-refractivity contribution in [3.63, 3.8) is 0 Å². The predicted molar refractivity (Wildman–Crippen MR) is 80.6 cm³/mol. The van der Waals surface area contributed by atoms with Crippen molar-refractivity contribution in [3.8, 4) is 6.07 Å². The number of carbonyl (C=O) groups is 1. The summed E-state index contributed by atoms with van der Waals surface area (Å²) in [5.74, 6) is -0.342. The van der Waals surface area contributed by atoms with Gasteiger partial charge in [-0.1, -0.05) is 36.4 Å². The van der Waals surface area contributed by atoms with E-state index in [0.717, 1.165) is 5.56 Å². The van der Waals surface area contributed by atoms with Gasteiger partial charge in [0.2, 0.25) is 0 Å². The summed E-state index contributed by atoms with van der Waals surface area (Å²) >= 11 is 0. The van der Waals surface area contributed by atoms with Crippen molar-refractivity contribution >= 4 is 11.7 Å². The Morgan fingerprint density at radius 2 is 2.00 bits per heavy atom. The Hall–Kier alpha value is -2.80. The topological polar surface area (TPSA) is 62.1 Å². The Bertz CT molecular complexity index is 647. The fraction of sp³-hybridized carbons (Fsp3) is 0.176. The zero-order valence-electron chi connectivity index (χ0n) is 11.7. The van der Waals surface area contributed by atoms with Crippen molar-refractivity contribution in [2.75, 3.05) is 11.9 Å². The van der Waals surface area contributed by atoms with Gasteiger partial charge in [-0.3, -0.25) is 0 Å². The molecule has 1 unspecified atom stereocenters. The fourth-order valence-corrected chi connectivity index (χ4v) is 1.99.